The molecule has 0 saturated carbocycles. The standard InChI is InChI=1S/C30H45N5O6/c1-5-6-13-33(14-8-7-12-32(2)3)27(36)20-34-19-23(22-17-25(39-4)29-26(18-22)40-21-41-29)28(30(37)38)24(34)10-16-35-15-9-11-31-35/h9,11,15,17-18,23-24,28H,5-8,10,12-14,16,19-21H2,1-4H3,(H,37,38)/t23?,24-,28+/m1/s1. The number of unbranched alkanes of at least 4 members (excludes halogenated alkanes) is 2. The molecule has 1 unspecified atom stereocenters. The van der Waals surface area contributed by atoms with E-state index in [2.05, 4.69) is 35.9 Å². The van der Waals surface area contributed by atoms with E-state index in [1.807, 2.05) is 34.0 Å². The number of aliphatic carboxylic acids is 1. The SMILES string of the molecule is CCCCN(CCCCN(C)C)C(=O)CN1CC(c2cc(OC)c3c(c2)OCO3)[C@H](C(=O)O)[C@H]1CCn1cccn1. The molecule has 4 rings (SSSR count). The maximum atomic E-state index is 13.7. The van der Waals surface area contributed by atoms with Crippen LogP contribution in [0.15, 0.2) is 30.6 Å². The lowest BCUT2D eigenvalue weighted by Gasteiger charge is -2.30. The van der Waals surface area contributed by atoms with Gasteiger partial charge in [0.15, 0.2) is 11.5 Å². The Morgan fingerprint density at radius 1 is 1.15 bits per heavy atom. The van der Waals surface area contributed by atoms with Crippen LogP contribution in [0.4, 0.5) is 0 Å². The van der Waals surface area contributed by atoms with Crippen LogP contribution in [0.1, 0.15) is 50.5 Å². The van der Waals surface area contributed by atoms with E-state index in [4.69, 9.17) is 14.2 Å². The molecule has 0 radical (unpaired) electrons. The molecule has 0 spiro atoms. The highest BCUT2D eigenvalue weighted by Crippen LogP contribution is 2.47. The number of likely N-dealkylation sites (tertiary alicyclic amines) is 1. The van der Waals surface area contributed by atoms with Crippen LogP contribution in [-0.2, 0) is 16.1 Å². The van der Waals surface area contributed by atoms with Crippen LogP contribution in [0, 0.1) is 5.92 Å². The fraction of sp³-hybridized carbons (Fsp3) is 0.633. The van der Waals surface area contributed by atoms with Crippen molar-refractivity contribution in [2.45, 2.75) is 57.5 Å². The number of amides is 1. The number of aromatic nitrogens is 2. The average molecular weight is 572 g/mol. The molecule has 2 aromatic rings. The van der Waals surface area contributed by atoms with Crippen molar-refractivity contribution in [3.8, 4) is 17.2 Å². The van der Waals surface area contributed by atoms with Crippen molar-refractivity contribution in [1.29, 1.82) is 0 Å². The summed E-state index contributed by atoms with van der Waals surface area (Å²) in [6.07, 6.45) is 8.06. The number of carbonyl (C=O) groups is 2. The van der Waals surface area contributed by atoms with E-state index in [-0.39, 0.29) is 31.2 Å². The zero-order valence-corrected chi connectivity index (χ0v) is 24.8. The number of carbonyl (C=O) groups excluding carboxylic acids is 1. The predicted molar refractivity (Wildman–Crippen MR) is 154 cm³/mol. The van der Waals surface area contributed by atoms with Crippen LogP contribution in [0.25, 0.3) is 0 Å². The van der Waals surface area contributed by atoms with Crippen molar-refractivity contribution in [3.63, 3.8) is 0 Å². The van der Waals surface area contributed by atoms with Gasteiger partial charge in [-0.15, -0.1) is 0 Å². The smallest absolute Gasteiger partial charge is 0.308 e. The van der Waals surface area contributed by atoms with Gasteiger partial charge in [-0.3, -0.25) is 19.2 Å². The van der Waals surface area contributed by atoms with Gasteiger partial charge in [0.2, 0.25) is 18.4 Å². The molecule has 2 aliphatic heterocycles. The second kappa shape index (κ2) is 14.5. The molecule has 1 N–H and O–H groups in total. The second-order valence-corrected chi connectivity index (χ2v) is 11.2. The van der Waals surface area contributed by atoms with Crippen LogP contribution in [0.5, 0.6) is 17.2 Å². The van der Waals surface area contributed by atoms with Crippen molar-refractivity contribution >= 4 is 11.9 Å². The predicted octanol–water partition coefficient (Wildman–Crippen LogP) is 3.15. The molecule has 41 heavy (non-hydrogen) atoms. The number of carboxylic acid groups (broad SMARTS) is 1. The largest absolute Gasteiger partial charge is 0.493 e. The summed E-state index contributed by atoms with van der Waals surface area (Å²) in [6.45, 7) is 5.82. The molecule has 1 aromatic heterocycles. The van der Waals surface area contributed by atoms with Crippen LogP contribution in [0.3, 0.4) is 0 Å². The first-order valence-corrected chi connectivity index (χ1v) is 14.7. The molecule has 11 nitrogen and oxygen atoms in total. The highest BCUT2D eigenvalue weighted by Gasteiger charge is 2.47. The molecular weight excluding hydrogens is 526 g/mol. The van der Waals surface area contributed by atoms with Crippen molar-refractivity contribution in [3.05, 3.63) is 36.2 Å². The number of fused-ring (bicyclic) bond motifs is 1. The van der Waals surface area contributed by atoms with Gasteiger partial charge in [0.05, 0.1) is 19.6 Å². The number of hydrogen-bond acceptors (Lipinski definition) is 8. The second-order valence-electron chi connectivity index (χ2n) is 11.2. The molecule has 1 aromatic carbocycles. The van der Waals surface area contributed by atoms with Crippen LogP contribution in [-0.4, -0.2) is 108 Å². The van der Waals surface area contributed by atoms with Crippen molar-refractivity contribution < 1.29 is 28.9 Å². The number of benzene rings is 1. The summed E-state index contributed by atoms with van der Waals surface area (Å²) in [5.74, 6) is -0.286. The lowest BCUT2D eigenvalue weighted by atomic mass is 9.84. The van der Waals surface area contributed by atoms with Crippen LogP contribution >= 0.6 is 0 Å². The Morgan fingerprint density at radius 2 is 1.93 bits per heavy atom. The topological polar surface area (TPSA) is 110 Å². The molecule has 1 amide bonds. The third-order valence-electron chi connectivity index (χ3n) is 8.11. The fourth-order valence-electron chi connectivity index (χ4n) is 5.97. The third-order valence-corrected chi connectivity index (χ3v) is 8.11. The van der Waals surface area contributed by atoms with Crippen molar-refractivity contribution in [2.24, 2.45) is 5.92 Å². The van der Waals surface area contributed by atoms with Gasteiger partial charge in [0.25, 0.3) is 0 Å². The highest BCUT2D eigenvalue weighted by atomic mass is 16.7. The van der Waals surface area contributed by atoms with E-state index in [0.29, 0.717) is 49.8 Å². The number of rotatable bonds is 16. The molecule has 226 valence electrons. The molecule has 2 aliphatic rings. The monoisotopic (exact) mass is 571 g/mol. The van der Waals surface area contributed by atoms with E-state index in [0.717, 1.165) is 37.8 Å². The summed E-state index contributed by atoms with van der Waals surface area (Å²) in [5.41, 5.74) is 0.809. The van der Waals surface area contributed by atoms with E-state index >= 15 is 0 Å². The summed E-state index contributed by atoms with van der Waals surface area (Å²) in [5, 5.41) is 14.8. The Kier molecular flexibility index (Phi) is 10.9. The lowest BCUT2D eigenvalue weighted by molar-refractivity contribution is -0.144. The van der Waals surface area contributed by atoms with Gasteiger partial charge in [-0.25, -0.2) is 0 Å². The Hall–Kier alpha value is -3.31. The van der Waals surface area contributed by atoms with Gasteiger partial charge in [0.1, 0.15) is 0 Å². The Balaban J connectivity index is 1.58. The zero-order valence-electron chi connectivity index (χ0n) is 24.8. The van der Waals surface area contributed by atoms with Gasteiger partial charge < -0.3 is 29.1 Å². The minimum Gasteiger partial charge on any atom is -0.493 e. The molecule has 1 fully saturated rings. The molecular formula is C30H45N5O6. The number of ether oxygens (including phenoxy) is 3. The van der Waals surface area contributed by atoms with Gasteiger partial charge in [0, 0.05) is 50.5 Å². The summed E-state index contributed by atoms with van der Waals surface area (Å²) in [4.78, 5) is 32.8. The molecule has 3 heterocycles. The van der Waals surface area contributed by atoms with E-state index < -0.39 is 11.9 Å². The normalized spacial score (nSPS) is 20.1. The minimum absolute atomic E-state index is 0.0560. The Morgan fingerprint density at radius 3 is 2.61 bits per heavy atom. The van der Waals surface area contributed by atoms with Gasteiger partial charge in [-0.05, 0) is 70.1 Å². The molecule has 11 heteroatoms. The molecule has 0 aliphatic carbocycles. The van der Waals surface area contributed by atoms with E-state index in [1.165, 1.54) is 0 Å². The van der Waals surface area contributed by atoms with E-state index in [9.17, 15) is 14.7 Å². The maximum Gasteiger partial charge on any atom is 0.308 e. The Labute approximate surface area is 242 Å². The number of hydrogen-bond donors (Lipinski definition) is 1. The van der Waals surface area contributed by atoms with Crippen LogP contribution in [0.2, 0.25) is 0 Å². The number of nitrogens with zero attached hydrogens (tertiary/aromatic N) is 5. The fourth-order valence-corrected chi connectivity index (χ4v) is 5.97. The highest BCUT2D eigenvalue weighted by molar-refractivity contribution is 5.79. The Bertz CT molecular complexity index is 1140. The number of methoxy groups -OCH3 is 1. The maximum absolute atomic E-state index is 13.7. The third kappa shape index (κ3) is 7.71. The summed E-state index contributed by atoms with van der Waals surface area (Å²) in [6, 6.07) is 5.22. The van der Waals surface area contributed by atoms with Crippen molar-refractivity contribution in [1.82, 2.24) is 24.5 Å². The van der Waals surface area contributed by atoms with Crippen LogP contribution < -0.4 is 14.2 Å². The van der Waals surface area contributed by atoms with Gasteiger partial charge in [-0.2, -0.15) is 5.10 Å². The summed E-state index contributed by atoms with van der Waals surface area (Å²) in [7, 11) is 5.68. The molecule has 3 atom stereocenters. The summed E-state index contributed by atoms with van der Waals surface area (Å²) >= 11 is 0. The minimum atomic E-state index is -0.876. The lowest BCUT2D eigenvalue weighted by Crippen LogP contribution is -2.45. The number of carboxylic acids is 1. The summed E-state index contributed by atoms with van der Waals surface area (Å²) < 4.78 is 18.6. The molecule has 0 bridgehead atoms. The average Bonchev–Trinajstić information content (AvgIpc) is 3.70. The first kappa shape index (κ1) is 30.6. The van der Waals surface area contributed by atoms with E-state index in [1.54, 1.807) is 13.3 Å². The zero-order chi connectivity index (χ0) is 29.4. The molecule has 1 saturated heterocycles. The van der Waals surface area contributed by atoms with Crippen molar-refractivity contribution in [2.75, 3.05) is 60.7 Å². The quantitative estimate of drug-likeness (QED) is 0.304. The van der Waals surface area contributed by atoms with Gasteiger partial charge in [-0.1, -0.05) is 13.3 Å². The first-order valence-electron chi connectivity index (χ1n) is 14.7. The van der Waals surface area contributed by atoms with Gasteiger partial charge >= 0.3 is 5.97 Å². The number of aryl methyl sites for hydroxylation is 1. The first-order chi connectivity index (χ1) is 19.8.